The lowest BCUT2D eigenvalue weighted by atomic mass is 10.1. The van der Waals surface area contributed by atoms with Gasteiger partial charge in [0, 0.05) is 25.5 Å². The van der Waals surface area contributed by atoms with Crippen LogP contribution in [-0.2, 0) is 5.75 Å². The van der Waals surface area contributed by atoms with Gasteiger partial charge in [-0.15, -0.1) is 11.8 Å². The van der Waals surface area contributed by atoms with Crippen LogP contribution in [0.5, 0.6) is 0 Å². The van der Waals surface area contributed by atoms with E-state index in [1.54, 1.807) is 11.8 Å². The first-order chi connectivity index (χ1) is 12.1. The van der Waals surface area contributed by atoms with E-state index in [-0.39, 0.29) is 5.91 Å². The van der Waals surface area contributed by atoms with Crippen molar-refractivity contribution in [3.05, 3.63) is 93.1 Å². The molecule has 0 aliphatic rings. The summed E-state index contributed by atoms with van der Waals surface area (Å²) in [6.07, 6.45) is 0. The van der Waals surface area contributed by atoms with Gasteiger partial charge in [-0.2, -0.15) is 0 Å². The number of halogens is 1. The number of carbonyl (C=O) groups excluding carboxylic acids is 1. The number of hydrogen-bond acceptors (Lipinski definition) is 2. The van der Waals surface area contributed by atoms with Crippen molar-refractivity contribution >= 4 is 45.9 Å². The summed E-state index contributed by atoms with van der Waals surface area (Å²) in [5.74, 6) is 0.814. The van der Waals surface area contributed by atoms with Gasteiger partial charge in [-0.05, 0) is 83.1 Å². The average molecular weight is 459 g/mol. The summed E-state index contributed by atoms with van der Waals surface area (Å²) in [5.41, 5.74) is 3.80. The van der Waals surface area contributed by atoms with Gasteiger partial charge >= 0.3 is 0 Å². The highest BCUT2D eigenvalue weighted by Gasteiger charge is 2.08. The molecule has 3 aromatic rings. The van der Waals surface area contributed by atoms with Gasteiger partial charge in [0.05, 0.1) is 0 Å². The van der Waals surface area contributed by atoms with E-state index in [0.29, 0.717) is 5.56 Å². The van der Waals surface area contributed by atoms with Gasteiger partial charge in [0.1, 0.15) is 0 Å². The Morgan fingerprint density at radius 2 is 1.72 bits per heavy atom. The molecular formula is C21H18INOS. The summed E-state index contributed by atoms with van der Waals surface area (Å²) in [6.45, 7) is 2.00. The molecule has 0 fully saturated rings. The monoisotopic (exact) mass is 459 g/mol. The third-order valence-electron chi connectivity index (χ3n) is 3.80. The van der Waals surface area contributed by atoms with Crippen LogP contribution in [0.4, 0.5) is 5.69 Å². The topological polar surface area (TPSA) is 29.1 Å². The molecule has 25 heavy (non-hydrogen) atoms. The summed E-state index contributed by atoms with van der Waals surface area (Å²) in [5, 5.41) is 2.98. The molecule has 0 heterocycles. The van der Waals surface area contributed by atoms with Gasteiger partial charge in [0.25, 0.3) is 5.91 Å². The minimum Gasteiger partial charge on any atom is -0.322 e. The Hall–Kier alpha value is -1.79. The predicted molar refractivity (Wildman–Crippen MR) is 114 cm³/mol. The highest BCUT2D eigenvalue weighted by atomic mass is 127. The molecule has 0 aliphatic heterocycles. The number of carbonyl (C=O) groups is 1. The van der Waals surface area contributed by atoms with Crippen LogP contribution in [0, 0.1) is 10.5 Å². The van der Waals surface area contributed by atoms with Crippen molar-refractivity contribution in [1.29, 1.82) is 0 Å². The molecular weight excluding hydrogens is 441 g/mol. The number of thioether (sulfide) groups is 1. The van der Waals surface area contributed by atoms with Gasteiger partial charge in [-0.1, -0.05) is 30.3 Å². The van der Waals surface area contributed by atoms with Crippen molar-refractivity contribution in [2.24, 2.45) is 0 Å². The second-order valence-corrected chi connectivity index (χ2v) is 8.01. The Morgan fingerprint density at radius 3 is 2.40 bits per heavy atom. The van der Waals surface area contributed by atoms with Crippen molar-refractivity contribution in [2.75, 3.05) is 5.32 Å². The van der Waals surface area contributed by atoms with Crippen LogP contribution < -0.4 is 5.32 Å². The van der Waals surface area contributed by atoms with Crippen molar-refractivity contribution in [3.8, 4) is 0 Å². The Kier molecular flexibility index (Phi) is 6.15. The molecule has 0 radical (unpaired) electrons. The summed E-state index contributed by atoms with van der Waals surface area (Å²) in [6, 6.07) is 24.1. The maximum absolute atomic E-state index is 12.4. The molecule has 2 nitrogen and oxygen atoms in total. The number of anilines is 1. The predicted octanol–water partition coefficient (Wildman–Crippen LogP) is 6.14. The van der Waals surface area contributed by atoms with E-state index in [9.17, 15) is 4.79 Å². The van der Waals surface area contributed by atoms with Crippen LogP contribution in [0.25, 0.3) is 0 Å². The average Bonchev–Trinajstić information content (AvgIpc) is 2.63. The fourth-order valence-electron chi connectivity index (χ4n) is 2.40. The normalized spacial score (nSPS) is 10.5. The third kappa shape index (κ3) is 5.09. The lowest BCUT2D eigenvalue weighted by molar-refractivity contribution is 0.102. The van der Waals surface area contributed by atoms with Gasteiger partial charge in [-0.25, -0.2) is 0 Å². The van der Waals surface area contributed by atoms with Gasteiger partial charge in [0.15, 0.2) is 0 Å². The van der Waals surface area contributed by atoms with Crippen molar-refractivity contribution in [3.63, 3.8) is 0 Å². The molecule has 0 saturated heterocycles. The minimum atomic E-state index is -0.0772. The smallest absolute Gasteiger partial charge is 0.255 e. The summed E-state index contributed by atoms with van der Waals surface area (Å²) >= 11 is 4.06. The van der Waals surface area contributed by atoms with E-state index < -0.39 is 0 Å². The van der Waals surface area contributed by atoms with Crippen LogP contribution in [0.15, 0.2) is 77.7 Å². The van der Waals surface area contributed by atoms with Crippen molar-refractivity contribution in [1.82, 2.24) is 0 Å². The fourth-order valence-corrected chi connectivity index (χ4v) is 3.92. The summed E-state index contributed by atoms with van der Waals surface area (Å²) in [7, 11) is 0. The Labute approximate surface area is 166 Å². The second kappa shape index (κ2) is 8.54. The highest BCUT2D eigenvalue weighted by Crippen LogP contribution is 2.23. The molecule has 0 bridgehead atoms. The van der Waals surface area contributed by atoms with E-state index in [1.807, 2.05) is 61.5 Å². The molecule has 3 rings (SSSR count). The first-order valence-corrected chi connectivity index (χ1v) is 10.0. The zero-order valence-corrected chi connectivity index (χ0v) is 16.8. The Balaban J connectivity index is 1.62. The lowest BCUT2D eigenvalue weighted by Gasteiger charge is -2.09. The molecule has 0 unspecified atom stereocenters. The highest BCUT2D eigenvalue weighted by molar-refractivity contribution is 14.1. The number of amides is 1. The summed E-state index contributed by atoms with van der Waals surface area (Å²) < 4.78 is 1.16. The Bertz CT molecular complexity index is 863. The number of benzene rings is 3. The van der Waals surface area contributed by atoms with Crippen LogP contribution in [0.1, 0.15) is 21.5 Å². The van der Waals surface area contributed by atoms with Gasteiger partial charge < -0.3 is 5.32 Å². The number of aryl methyl sites for hydroxylation is 1. The van der Waals surface area contributed by atoms with Gasteiger partial charge in [-0.3, -0.25) is 4.79 Å². The first kappa shape index (κ1) is 18.0. The molecule has 1 amide bonds. The third-order valence-corrected chi connectivity index (χ3v) is 5.56. The molecule has 0 atom stereocenters. The van der Waals surface area contributed by atoms with E-state index in [0.717, 1.165) is 20.6 Å². The molecule has 0 aliphatic carbocycles. The lowest BCUT2D eigenvalue weighted by Crippen LogP contribution is -2.12. The first-order valence-electron chi connectivity index (χ1n) is 7.96. The maximum Gasteiger partial charge on any atom is 0.255 e. The van der Waals surface area contributed by atoms with E-state index in [1.165, 1.54) is 10.5 Å². The van der Waals surface area contributed by atoms with Crippen molar-refractivity contribution in [2.45, 2.75) is 17.6 Å². The van der Waals surface area contributed by atoms with E-state index >= 15 is 0 Å². The quantitative estimate of drug-likeness (QED) is 0.367. The van der Waals surface area contributed by atoms with Crippen LogP contribution in [0.3, 0.4) is 0 Å². The number of nitrogens with one attached hydrogen (secondary N) is 1. The number of hydrogen-bond donors (Lipinski definition) is 1. The zero-order valence-electron chi connectivity index (χ0n) is 13.8. The molecule has 1 N–H and O–H groups in total. The standard InChI is InChI=1S/C21H18INOS/c1-15-13-18(22)11-12-20(15)23-21(24)17-9-7-16(8-10-17)14-25-19-5-3-2-4-6-19/h2-13H,14H2,1H3,(H,23,24). The van der Waals surface area contributed by atoms with Crippen LogP contribution in [-0.4, -0.2) is 5.91 Å². The van der Waals surface area contributed by atoms with Crippen LogP contribution in [0.2, 0.25) is 0 Å². The molecule has 126 valence electrons. The summed E-state index contributed by atoms with van der Waals surface area (Å²) in [4.78, 5) is 13.7. The molecule has 0 aromatic heterocycles. The molecule has 0 spiro atoms. The Morgan fingerprint density at radius 1 is 1.00 bits per heavy atom. The zero-order chi connectivity index (χ0) is 17.6. The molecule has 4 heteroatoms. The fraction of sp³-hybridized carbons (Fsp3) is 0.0952. The van der Waals surface area contributed by atoms with E-state index in [4.69, 9.17) is 0 Å². The second-order valence-electron chi connectivity index (χ2n) is 5.71. The number of rotatable bonds is 5. The molecule has 3 aromatic carbocycles. The van der Waals surface area contributed by atoms with Crippen LogP contribution >= 0.6 is 34.4 Å². The van der Waals surface area contributed by atoms with Gasteiger partial charge in [0.2, 0.25) is 0 Å². The largest absolute Gasteiger partial charge is 0.322 e. The minimum absolute atomic E-state index is 0.0772. The SMILES string of the molecule is Cc1cc(I)ccc1NC(=O)c1ccc(CSc2ccccc2)cc1. The molecule has 0 saturated carbocycles. The maximum atomic E-state index is 12.4. The van der Waals surface area contributed by atoms with E-state index in [2.05, 4.69) is 46.1 Å². The van der Waals surface area contributed by atoms with Crippen molar-refractivity contribution < 1.29 is 4.79 Å².